The molecule has 2 unspecified atom stereocenters. The molecule has 0 aliphatic carbocycles. The molecule has 0 aromatic carbocycles. The van der Waals surface area contributed by atoms with Gasteiger partial charge in [-0.2, -0.15) is 5.26 Å². The summed E-state index contributed by atoms with van der Waals surface area (Å²) in [5, 5.41) is 16.2. The van der Waals surface area contributed by atoms with Gasteiger partial charge in [0.05, 0.1) is 12.2 Å². The fourth-order valence-electron chi connectivity index (χ4n) is 0.604. The quantitative estimate of drug-likeness (QED) is 0.639. The summed E-state index contributed by atoms with van der Waals surface area (Å²) in [6, 6.07) is 1.63. The van der Waals surface area contributed by atoms with Crippen LogP contribution in [0.15, 0.2) is 0 Å². The first-order chi connectivity index (χ1) is 5.90. The van der Waals surface area contributed by atoms with Crippen molar-refractivity contribution in [1.82, 2.24) is 4.72 Å². The number of nitrogens with one attached hydrogen (secondary N) is 1. The maximum Gasteiger partial charge on any atom is 0.227 e. The Balaban J connectivity index is 4.00. The minimum atomic E-state index is -3.53. The minimum Gasteiger partial charge on any atom is -0.393 e. The van der Waals surface area contributed by atoms with Crippen molar-refractivity contribution < 1.29 is 13.5 Å². The maximum absolute atomic E-state index is 11.1. The van der Waals surface area contributed by atoms with Gasteiger partial charge in [0, 0.05) is 6.54 Å². The first-order valence-corrected chi connectivity index (χ1v) is 5.51. The lowest BCUT2D eigenvalue weighted by atomic mass is 10.3. The van der Waals surface area contributed by atoms with Crippen molar-refractivity contribution in [1.29, 1.82) is 5.26 Å². The van der Waals surface area contributed by atoms with Gasteiger partial charge in [0.2, 0.25) is 10.0 Å². The molecular formula is C7H14N2O3S. The van der Waals surface area contributed by atoms with Crippen LogP contribution in [0, 0.1) is 11.3 Å². The van der Waals surface area contributed by atoms with Gasteiger partial charge in [-0.05, 0) is 20.3 Å². The lowest BCUT2D eigenvalue weighted by Crippen LogP contribution is -2.33. The zero-order valence-corrected chi connectivity index (χ0v) is 8.50. The summed E-state index contributed by atoms with van der Waals surface area (Å²) in [6.45, 7) is 3.04. The first-order valence-electron chi connectivity index (χ1n) is 3.96. The van der Waals surface area contributed by atoms with Crippen molar-refractivity contribution in [3.63, 3.8) is 0 Å². The van der Waals surface area contributed by atoms with Crippen molar-refractivity contribution in [2.45, 2.75) is 31.6 Å². The molecule has 5 nitrogen and oxygen atoms in total. The summed E-state index contributed by atoms with van der Waals surface area (Å²) in [5.41, 5.74) is 0. The van der Waals surface area contributed by atoms with E-state index >= 15 is 0 Å². The van der Waals surface area contributed by atoms with Crippen LogP contribution in [0.5, 0.6) is 0 Å². The van der Waals surface area contributed by atoms with Gasteiger partial charge < -0.3 is 5.11 Å². The number of aliphatic hydroxyl groups is 1. The number of nitriles is 1. The molecule has 76 valence electrons. The van der Waals surface area contributed by atoms with E-state index in [0.29, 0.717) is 6.42 Å². The van der Waals surface area contributed by atoms with Gasteiger partial charge >= 0.3 is 0 Å². The summed E-state index contributed by atoms with van der Waals surface area (Å²) < 4.78 is 24.5. The molecule has 0 radical (unpaired) electrons. The Hall–Kier alpha value is -0.640. The van der Waals surface area contributed by atoms with Crippen LogP contribution in [0.1, 0.15) is 20.3 Å². The summed E-state index contributed by atoms with van der Waals surface area (Å²) >= 11 is 0. The van der Waals surface area contributed by atoms with Crippen LogP contribution in [0.25, 0.3) is 0 Å². The van der Waals surface area contributed by atoms with E-state index in [1.54, 1.807) is 13.0 Å². The highest BCUT2D eigenvalue weighted by Gasteiger charge is 2.18. The van der Waals surface area contributed by atoms with Crippen molar-refractivity contribution in [3.8, 4) is 6.07 Å². The number of sulfonamides is 1. The molecule has 0 bridgehead atoms. The normalized spacial score (nSPS) is 16.2. The molecule has 0 spiro atoms. The highest BCUT2D eigenvalue weighted by atomic mass is 32.2. The zero-order chi connectivity index (χ0) is 10.5. The van der Waals surface area contributed by atoms with Crippen LogP contribution in [0.3, 0.4) is 0 Å². The average molecular weight is 206 g/mol. The minimum absolute atomic E-state index is 0.159. The van der Waals surface area contributed by atoms with Crippen molar-refractivity contribution in [3.05, 3.63) is 0 Å². The summed E-state index contributed by atoms with van der Waals surface area (Å²) in [7, 11) is -3.53. The summed E-state index contributed by atoms with van der Waals surface area (Å²) in [4.78, 5) is 0. The van der Waals surface area contributed by atoms with Crippen LogP contribution in [-0.4, -0.2) is 31.4 Å². The monoisotopic (exact) mass is 206 g/mol. The predicted octanol–water partition coefficient (Wildman–Crippen LogP) is -0.411. The SMILES string of the molecule is CC(O)CCNS(=O)(=O)C(C)C#N. The van der Waals surface area contributed by atoms with E-state index in [2.05, 4.69) is 4.72 Å². The van der Waals surface area contributed by atoms with E-state index in [9.17, 15) is 8.42 Å². The van der Waals surface area contributed by atoms with E-state index in [1.165, 1.54) is 6.92 Å². The molecule has 0 amide bonds. The standard InChI is InChI=1S/C7H14N2O3S/c1-6(10)3-4-9-13(11,12)7(2)5-8/h6-7,9-10H,3-4H2,1-2H3. The number of aliphatic hydroxyl groups excluding tert-OH is 1. The molecule has 0 aromatic rings. The lowest BCUT2D eigenvalue weighted by molar-refractivity contribution is 0.186. The largest absolute Gasteiger partial charge is 0.393 e. The second-order valence-electron chi connectivity index (χ2n) is 2.85. The van der Waals surface area contributed by atoms with Gasteiger partial charge in [0.15, 0.2) is 5.25 Å². The van der Waals surface area contributed by atoms with Crippen molar-refractivity contribution in [2.24, 2.45) is 0 Å². The van der Waals surface area contributed by atoms with Crippen molar-refractivity contribution in [2.75, 3.05) is 6.54 Å². The third kappa shape index (κ3) is 4.83. The topological polar surface area (TPSA) is 90.2 Å². The van der Waals surface area contributed by atoms with E-state index in [4.69, 9.17) is 10.4 Å². The van der Waals surface area contributed by atoms with Crippen LogP contribution in [0.2, 0.25) is 0 Å². The molecule has 6 heteroatoms. The highest BCUT2D eigenvalue weighted by molar-refractivity contribution is 7.90. The van der Waals surface area contributed by atoms with Crippen LogP contribution in [-0.2, 0) is 10.0 Å². The molecule has 2 N–H and O–H groups in total. The Morgan fingerprint density at radius 2 is 2.08 bits per heavy atom. The van der Waals surface area contributed by atoms with Gasteiger partial charge in [0.25, 0.3) is 0 Å². The Morgan fingerprint density at radius 1 is 1.54 bits per heavy atom. The molecule has 0 rings (SSSR count). The fourth-order valence-corrected chi connectivity index (χ4v) is 1.40. The number of hydrogen-bond acceptors (Lipinski definition) is 4. The third-order valence-electron chi connectivity index (χ3n) is 1.51. The highest BCUT2D eigenvalue weighted by Crippen LogP contribution is 1.96. The molecule has 0 aliphatic rings. The van der Waals surface area contributed by atoms with Gasteiger partial charge in [-0.1, -0.05) is 0 Å². The zero-order valence-electron chi connectivity index (χ0n) is 7.69. The van der Waals surface area contributed by atoms with Crippen LogP contribution >= 0.6 is 0 Å². The fraction of sp³-hybridized carbons (Fsp3) is 0.857. The lowest BCUT2D eigenvalue weighted by Gasteiger charge is -2.08. The Kier molecular flexibility index (Phi) is 4.91. The molecule has 0 saturated carbocycles. The number of rotatable bonds is 5. The van der Waals surface area contributed by atoms with Crippen LogP contribution < -0.4 is 4.72 Å². The predicted molar refractivity (Wildman–Crippen MR) is 48.3 cm³/mol. The Labute approximate surface area is 78.4 Å². The van der Waals surface area contributed by atoms with Crippen molar-refractivity contribution >= 4 is 10.0 Å². The third-order valence-corrected chi connectivity index (χ3v) is 3.16. The molecule has 0 saturated heterocycles. The van der Waals surface area contributed by atoms with Gasteiger partial charge in [-0.3, -0.25) is 0 Å². The average Bonchev–Trinajstić information content (AvgIpc) is 2.01. The second kappa shape index (κ2) is 5.17. The van der Waals surface area contributed by atoms with Crippen LogP contribution in [0.4, 0.5) is 0 Å². The van der Waals surface area contributed by atoms with E-state index in [1.807, 2.05) is 0 Å². The Morgan fingerprint density at radius 3 is 2.46 bits per heavy atom. The first kappa shape index (κ1) is 12.4. The maximum atomic E-state index is 11.1. The van der Waals surface area contributed by atoms with Gasteiger partial charge in [-0.25, -0.2) is 13.1 Å². The Bertz CT molecular complexity index is 279. The number of hydrogen-bond donors (Lipinski definition) is 2. The van der Waals surface area contributed by atoms with Gasteiger partial charge in [0.1, 0.15) is 0 Å². The summed E-state index contributed by atoms with van der Waals surface area (Å²) in [5.74, 6) is 0. The molecule has 0 aromatic heterocycles. The molecule has 0 fully saturated rings. The molecular weight excluding hydrogens is 192 g/mol. The molecule has 0 heterocycles. The van der Waals surface area contributed by atoms with E-state index < -0.39 is 21.4 Å². The smallest absolute Gasteiger partial charge is 0.227 e. The second-order valence-corrected chi connectivity index (χ2v) is 4.93. The molecule has 13 heavy (non-hydrogen) atoms. The van der Waals surface area contributed by atoms with E-state index in [0.717, 1.165) is 0 Å². The molecule has 0 aliphatic heterocycles. The summed E-state index contributed by atoms with van der Waals surface area (Å²) in [6.07, 6.45) is -0.197. The van der Waals surface area contributed by atoms with Gasteiger partial charge in [-0.15, -0.1) is 0 Å². The van der Waals surface area contributed by atoms with E-state index in [-0.39, 0.29) is 6.54 Å². The molecule has 2 atom stereocenters. The number of nitrogens with zero attached hydrogens (tertiary/aromatic N) is 1.